The molecule has 1 aliphatic rings. The zero-order valence-corrected chi connectivity index (χ0v) is 13.9. The summed E-state index contributed by atoms with van der Waals surface area (Å²) >= 11 is 1.39. The summed E-state index contributed by atoms with van der Waals surface area (Å²) in [5.74, 6) is 0.821. The molecule has 1 aromatic heterocycles. The third-order valence-corrected chi connectivity index (χ3v) is 4.71. The molecule has 6 nitrogen and oxygen atoms in total. The Balaban J connectivity index is 1.55. The van der Waals surface area contributed by atoms with Crippen LogP contribution in [0, 0.1) is 0 Å². The van der Waals surface area contributed by atoms with Crippen LogP contribution in [0.4, 0.5) is 9.93 Å². The first kappa shape index (κ1) is 15.7. The summed E-state index contributed by atoms with van der Waals surface area (Å²) in [7, 11) is 1.65. The van der Waals surface area contributed by atoms with Crippen molar-refractivity contribution < 1.29 is 9.53 Å². The monoisotopic (exact) mass is 332 g/mol. The lowest BCUT2D eigenvalue weighted by molar-refractivity contribution is 0.248. The molecule has 0 unspecified atom stereocenters. The number of methoxy groups -OCH3 is 1. The lowest BCUT2D eigenvalue weighted by Gasteiger charge is -2.11. The van der Waals surface area contributed by atoms with E-state index in [0.29, 0.717) is 17.6 Å². The number of benzene rings is 1. The van der Waals surface area contributed by atoms with Crippen LogP contribution in [0.3, 0.4) is 0 Å². The number of hydrogen-bond acceptors (Lipinski definition) is 5. The van der Waals surface area contributed by atoms with Crippen molar-refractivity contribution in [3.63, 3.8) is 0 Å². The molecule has 7 heteroatoms. The Morgan fingerprint density at radius 1 is 1.35 bits per heavy atom. The van der Waals surface area contributed by atoms with E-state index in [0.717, 1.165) is 29.2 Å². The first-order valence-corrected chi connectivity index (χ1v) is 8.57. The Kier molecular flexibility index (Phi) is 5.07. The standard InChI is InChI=1S/C16H20N4O2S/c1-22-13-8-4-5-11(9-13)10-14-19-20-16(23-14)18-15(21)17-12-6-2-3-7-12/h4-5,8-9,12H,2-3,6-7,10H2,1H3,(H2,17,18,20,21). The molecular weight excluding hydrogens is 312 g/mol. The molecule has 2 aromatic rings. The first-order valence-electron chi connectivity index (χ1n) is 7.76. The van der Waals surface area contributed by atoms with Crippen molar-refractivity contribution >= 4 is 22.5 Å². The Bertz CT molecular complexity index is 668. The smallest absolute Gasteiger partial charge is 0.321 e. The van der Waals surface area contributed by atoms with Crippen LogP contribution in [0.25, 0.3) is 0 Å². The van der Waals surface area contributed by atoms with Crippen LogP contribution in [-0.2, 0) is 6.42 Å². The highest BCUT2D eigenvalue weighted by Gasteiger charge is 2.17. The minimum absolute atomic E-state index is 0.194. The lowest BCUT2D eigenvalue weighted by Crippen LogP contribution is -2.36. The molecule has 1 fully saturated rings. The highest BCUT2D eigenvalue weighted by atomic mass is 32.1. The van der Waals surface area contributed by atoms with E-state index in [-0.39, 0.29) is 6.03 Å². The number of hydrogen-bond donors (Lipinski definition) is 2. The van der Waals surface area contributed by atoms with E-state index in [1.54, 1.807) is 7.11 Å². The Hall–Kier alpha value is -2.15. The van der Waals surface area contributed by atoms with Gasteiger partial charge >= 0.3 is 6.03 Å². The maximum atomic E-state index is 11.9. The van der Waals surface area contributed by atoms with Gasteiger partial charge < -0.3 is 10.1 Å². The number of amides is 2. The van der Waals surface area contributed by atoms with Crippen molar-refractivity contribution in [2.24, 2.45) is 0 Å². The van der Waals surface area contributed by atoms with Crippen LogP contribution in [0.15, 0.2) is 24.3 Å². The van der Waals surface area contributed by atoms with Gasteiger partial charge in [0.05, 0.1) is 7.11 Å². The van der Waals surface area contributed by atoms with E-state index in [1.165, 1.54) is 24.2 Å². The van der Waals surface area contributed by atoms with Crippen LogP contribution in [-0.4, -0.2) is 29.4 Å². The minimum Gasteiger partial charge on any atom is -0.497 e. The van der Waals surface area contributed by atoms with Crippen LogP contribution in [0.2, 0.25) is 0 Å². The largest absolute Gasteiger partial charge is 0.497 e. The number of urea groups is 1. The van der Waals surface area contributed by atoms with Gasteiger partial charge in [-0.3, -0.25) is 5.32 Å². The van der Waals surface area contributed by atoms with Gasteiger partial charge in [-0.2, -0.15) is 0 Å². The quantitative estimate of drug-likeness (QED) is 0.881. The van der Waals surface area contributed by atoms with Crippen molar-refractivity contribution in [1.82, 2.24) is 15.5 Å². The molecule has 23 heavy (non-hydrogen) atoms. The predicted molar refractivity (Wildman–Crippen MR) is 90.1 cm³/mol. The van der Waals surface area contributed by atoms with Crippen molar-refractivity contribution in [2.75, 3.05) is 12.4 Å². The number of nitrogens with one attached hydrogen (secondary N) is 2. The van der Waals surface area contributed by atoms with Crippen molar-refractivity contribution in [1.29, 1.82) is 0 Å². The second kappa shape index (κ2) is 7.41. The minimum atomic E-state index is -0.194. The summed E-state index contributed by atoms with van der Waals surface area (Å²) in [6.07, 6.45) is 5.17. The molecule has 3 rings (SSSR count). The zero-order valence-electron chi connectivity index (χ0n) is 13.0. The molecule has 0 radical (unpaired) electrons. The zero-order chi connectivity index (χ0) is 16.1. The van der Waals surface area contributed by atoms with E-state index < -0.39 is 0 Å². The molecule has 1 heterocycles. The molecule has 2 amide bonds. The summed E-state index contributed by atoms with van der Waals surface area (Å²) in [6.45, 7) is 0. The van der Waals surface area contributed by atoms with Gasteiger partial charge in [-0.15, -0.1) is 10.2 Å². The highest BCUT2D eigenvalue weighted by Crippen LogP contribution is 2.21. The SMILES string of the molecule is COc1cccc(Cc2nnc(NC(=O)NC3CCCC3)s2)c1. The van der Waals surface area contributed by atoms with Gasteiger partial charge in [-0.25, -0.2) is 4.79 Å². The average molecular weight is 332 g/mol. The number of anilines is 1. The average Bonchev–Trinajstić information content (AvgIpc) is 3.20. The molecule has 1 aromatic carbocycles. The lowest BCUT2D eigenvalue weighted by atomic mass is 10.1. The molecule has 0 bridgehead atoms. The molecule has 0 spiro atoms. The number of rotatable bonds is 5. The van der Waals surface area contributed by atoms with Gasteiger partial charge in [0.15, 0.2) is 0 Å². The number of ether oxygens (including phenoxy) is 1. The number of nitrogens with zero attached hydrogens (tertiary/aromatic N) is 2. The fourth-order valence-electron chi connectivity index (χ4n) is 2.72. The van der Waals surface area contributed by atoms with Gasteiger partial charge in [-0.05, 0) is 30.5 Å². The number of carbonyl (C=O) groups is 1. The number of aromatic nitrogens is 2. The molecule has 2 N–H and O–H groups in total. The number of carbonyl (C=O) groups excluding carboxylic acids is 1. The Morgan fingerprint density at radius 2 is 2.17 bits per heavy atom. The maximum absolute atomic E-state index is 11.9. The fourth-order valence-corrected chi connectivity index (χ4v) is 3.49. The Labute approximate surface area is 139 Å². The van der Waals surface area contributed by atoms with Crippen LogP contribution in [0.1, 0.15) is 36.3 Å². The third-order valence-electron chi connectivity index (χ3n) is 3.87. The van der Waals surface area contributed by atoms with Crippen LogP contribution >= 0.6 is 11.3 Å². The van der Waals surface area contributed by atoms with E-state index in [1.807, 2.05) is 24.3 Å². The van der Waals surface area contributed by atoms with E-state index in [4.69, 9.17) is 4.74 Å². The van der Waals surface area contributed by atoms with E-state index in [9.17, 15) is 4.79 Å². The van der Waals surface area contributed by atoms with Gasteiger partial charge in [0, 0.05) is 12.5 Å². The third kappa shape index (κ3) is 4.41. The molecule has 0 aliphatic heterocycles. The molecule has 0 saturated heterocycles. The Morgan fingerprint density at radius 3 is 2.96 bits per heavy atom. The van der Waals surface area contributed by atoms with Gasteiger partial charge in [0.1, 0.15) is 10.8 Å². The van der Waals surface area contributed by atoms with E-state index in [2.05, 4.69) is 20.8 Å². The molecule has 0 atom stereocenters. The summed E-state index contributed by atoms with van der Waals surface area (Å²) in [5, 5.41) is 15.3. The van der Waals surface area contributed by atoms with Crippen molar-refractivity contribution in [3.05, 3.63) is 34.8 Å². The molecule has 1 saturated carbocycles. The second-order valence-electron chi connectivity index (χ2n) is 5.61. The molecular formula is C16H20N4O2S. The van der Waals surface area contributed by atoms with Crippen molar-refractivity contribution in [3.8, 4) is 5.75 Å². The van der Waals surface area contributed by atoms with Gasteiger partial charge in [0.25, 0.3) is 0 Å². The highest BCUT2D eigenvalue weighted by molar-refractivity contribution is 7.15. The predicted octanol–water partition coefficient (Wildman–Crippen LogP) is 3.20. The maximum Gasteiger partial charge on any atom is 0.321 e. The summed E-state index contributed by atoms with van der Waals surface area (Å²) in [6, 6.07) is 7.94. The van der Waals surface area contributed by atoms with Crippen LogP contribution in [0.5, 0.6) is 5.75 Å². The van der Waals surface area contributed by atoms with E-state index >= 15 is 0 Å². The second-order valence-corrected chi connectivity index (χ2v) is 6.67. The molecule has 122 valence electrons. The first-order chi connectivity index (χ1) is 11.2. The van der Waals surface area contributed by atoms with Crippen molar-refractivity contribution in [2.45, 2.75) is 38.1 Å². The summed E-state index contributed by atoms with van der Waals surface area (Å²) in [5.41, 5.74) is 1.10. The summed E-state index contributed by atoms with van der Waals surface area (Å²) < 4.78 is 5.22. The normalized spacial score (nSPS) is 14.7. The topological polar surface area (TPSA) is 76.1 Å². The molecule has 1 aliphatic carbocycles. The fraction of sp³-hybridized carbons (Fsp3) is 0.438. The van der Waals surface area contributed by atoms with Gasteiger partial charge in [0.2, 0.25) is 5.13 Å². The van der Waals surface area contributed by atoms with Gasteiger partial charge in [-0.1, -0.05) is 36.3 Å². The summed E-state index contributed by atoms with van der Waals surface area (Å²) in [4.78, 5) is 11.9. The van der Waals surface area contributed by atoms with Crippen LogP contribution < -0.4 is 15.4 Å².